The molecule has 154 valence electrons. The minimum Gasteiger partial charge on any atom is -0.355 e. The first-order valence-corrected chi connectivity index (χ1v) is 9.99. The molecule has 1 saturated carbocycles. The molecule has 1 aliphatic carbocycles. The van der Waals surface area contributed by atoms with Crippen molar-refractivity contribution in [1.29, 1.82) is 0 Å². The second kappa shape index (κ2) is 9.52. The summed E-state index contributed by atoms with van der Waals surface area (Å²) >= 11 is 0. The Hall–Kier alpha value is -2.65. The summed E-state index contributed by atoms with van der Waals surface area (Å²) in [5.41, 5.74) is -0.0174. The number of nitrogens with one attached hydrogen (secondary N) is 2. The van der Waals surface area contributed by atoms with Crippen LogP contribution in [0.3, 0.4) is 0 Å². The van der Waals surface area contributed by atoms with E-state index in [1.807, 2.05) is 4.90 Å². The van der Waals surface area contributed by atoms with Crippen LogP contribution in [-0.4, -0.2) is 64.2 Å². The number of rotatable bonds is 6. The van der Waals surface area contributed by atoms with E-state index in [9.17, 15) is 14.9 Å². The lowest BCUT2D eigenvalue weighted by Crippen LogP contribution is -2.46. The van der Waals surface area contributed by atoms with Crippen molar-refractivity contribution in [1.82, 2.24) is 25.3 Å². The average Bonchev–Trinajstić information content (AvgIpc) is 3.37. The molecule has 0 spiro atoms. The summed E-state index contributed by atoms with van der Waals surface area (Å²) in [7, 11) is 1.70. The topological polar surface area (TPSA) is 118 Å². The third-order valence-corrected chi connectivity index (χ3v) is 5.48. The molecule has 10 nitrogen and oxygen atoms in total. The van der Waals surface area contributed by atoms with E-state index in [0.717, 1.165) is 25.8 Å². The molecule has 2 N–H and O–H groups in total. The van der Waals surface area contributed by atoms with E-state index >= 15 is 0 Å². The zero-order valence-corrected chi connectivity index (χ0v) is 16.3. The Morgan fingerprint density at radius 2 is 2.14 bits per heavy atom. The summed E-state index contributed by atoms with van der Waals surface area (Å²) in [4.78, 5) is 29.1. The lowest BCUT2D eigenvalue weighted by atomic mass is 9.88. The van der Waals surface area contributed by atoms with E-state index in [1.165, 1.54) is 36.3 Å². The van der Waals surface area contributed by atoms with Crippen molar-refractivity contribution in [3.8, 4) is 0 Å². The normalized spacial score (nSPS) is 21.0. The molecule has 1 aromatic heterocycles. The number of guanidine groups is 1. The minimum atomic E-state index is -0.460. The van der Waals surface area contributed by atoms with E-state index in [1.54, 1.807) is 7.05 Å². The molecule has 1 saturated heterocycles. The van der Waals surface area contributed by atoms with Crippen molar-refractivity contribution in [2.75, 3.05) is 26.7 Å². The van der Waals surface area contributed by atoms with Gasteiger partial charge in [0.25, 0.3) is 0 Å². The standard InChI is InChI=1S/C18H29N7O3/c1-19-18(20-8-10-24-13-16(11-21-24)25(27)28)22-15-7-9-23(12-15)17(26)14-5-3-2-4-6-14/h11,13-15H,2-10,12H2,1H3,(H2,19,20,22). The molecule has 0 aromatic carbocycles. The minimum absolute atomic E-state index is 0.0174. The van der Waals surface area contributed by atoms with E-state index in [0.29, 0.717) is 31.5 Å². The Kier molecular flexibility index (Phi) is 6.83. The Labute approximate surface area is 164 Å². The van der Waals surface area contributed by atoms with Gasteiger partial charge < -0.3 is 15.5 Å². The quantitative estimate of drug-likeness (QED) is 0.325. The smallest absolute Gasteiger partial charge is 0.306 e. The maximum absolute atomic E-state index is 12.7. The first-order chi connectivity index (χ1) is 13.6. The van der Waals surface area contributed by atoms with Gasteiger partial charge in [-0.2, -0.15) is 5.10 Å². The van der Waals surface area contributed by atoms with Crippen molar-refractivity contribution in [3.63, 3.8) is 0 Å². The van der Waals surface area contributed by atoms with Crippen molar-refractivity contribution in [3.05, 3.63) is 22.5 Å². The van der Waals surface area contributed by atoms with Crippen molar-refractivity contribution in [2.24, 2.45) is 10.9 Å². The summed E-state index contributed by atoms with van der Waals surface area (Å²) in [6.45, 7) is 2.53. The van der Waals surface area contributed by atoms with Crippen molar-refractivity contribution < 1.29 is 9.72 Å². The molecule has 10 heteroatoms. The summed E-state index contributed by atoms with van der Waals surface area (Å²) in [6, 6.07) is 0.185. The van der Waals surface area contributed by atoms with Gasteiger partial charge in [-0.25, -0.2) is 0 Å². The van der Waals surface area contributed by atoms with Gasteiger partial charge in [0.05, 0.1) is 11.5 Å². The monoisotopic (exact) mass is 391 g/mol. The number of amides is 1. The molecule has 2 heterocycles. The van der Waals surface area contributed by atoms with Crippen LogP contribution in [0.5, 0.6) is 0 Å². The molecule has 1 aliphatic heterocycles. The number of hydrogen-bond donors (Lipinski definition) is 2. The summed E-state index contributed by atoms with van der Waals surface area (Å²) < 4.78 is 1.53. The molecular weight excluding hydrogens is 362 g/mol. The Morgan fingerprint density at radius 1 is 1.36 bits per heavy atom. The molecule has 1 aromatic rings. The molecule has 1 unspecified atom stereocenters. The van der Waals surface area contributed by atoms with Gasteiger partial charge in [0, 0.05) is 38.6 Å². The zero-order valence-electron chi connectivity index (χ0n) is 16.3. The van der Waals surface area contributed by atoms with Gasteiger partial charge in [0.1, 0.15) is 12.4 Å². The molecule has 28 heavy (non-hydrogen) atoms. The van der Waals surface area contributed by atoms with Crippen LogP contribution in [-0.2, 0) is 11.3 Å². The van der Waals surface area contributed by atoms with Crippen molar-refractivity contribution in [2.45, 2.75) is 51.1 Å². The highest BCUT2D eigenvalue weighted by atomic mass is 16.6. The molecule has 3 rings (SSSR count). The van der Waals surface area contributed by atoms with Crippen LogP contribution in [0.2, 0.25) is 0 Å². The predicted molar refractivity (Wildman–Crippen MR) is 105 cm³/mol. The molecule has 0 bridgehead atoms. The SMILES string of the molecule is CN=C(NCCn1cc([N+](=O)[O-])cn1)NC1CCN(C(=O)C2CCCCC2)C1. The lowest BCUT2D eigenvalue weighted by Gasteiger charge is -2.26. The van der Waals surface area contributed by atoms with E-state index in [-0.39, 0.29) is 17.6 Å². The number of carbonyl (C=O) groups excluding carboxylic acids is 1. The molecule has 0 radical (unpaired) electrons. The van der Waals surface area contributed by atoms with Crippen LogP contribution in [0.4, 0.5) is 5.69 Å². The molecule has 2 fully saturated rings. The molecule has 1 atom stereocenters. The van der Waals surface area contributed by atoms with Gasteiger partial charge in [-0.3, -0.25) is 24.6 Å². The zero-order chi connectivity index (χ0) is 19.9. The second-order valence-electron chi connectivity index (χ2n) is 7.47. The molecular formula is C18H29N7O3. The van der Waals surface area contributed by atoms with Gasteiger partial charge in [0.15, 0.2) is 5.96 Å². The Morgan fingerprint density at radius 3 is 2.82 bits per heavy atom. The van der Waals surface area contributed by atoms with Gasteiger partial charge in [-0.1, -0.05) is 19.3 Å². The fourth-order valence-corrected chi connectivity index (χ4v) is 3.93. The number of hydrogen-bond acceptors (Lipinski definition) is 5. The summed E-state index contributed by atoms with van der Waals surface area (Å²) in [5, 5.41) is 21.2. The fourth-order valence-electron chi connectivity index (χ4n) is 3.93. The van der Waals surface area contributed by atoms with Gasteiger partial charge >= 0.3 is 5.69 Å². The van der Waals surface area contributed by atoms with Crippen LogP contribution >= 0.6 is 0 Å². The predicted octanol–water partition coefficient (Wildman–Crippen LogP) is 1.14. The third kappa shape index (κ3) is 5.20. The number of aliphatic imine (C=N–C) groups is 1. The second-order valence-corrected chi connectivity index (χ2v) is 7.47. The van der Waals surface area contributed by atoms with E-state index in [4.69, 9.17) is 0 Å². The van der Waals surface area contributed by atoms with Crippen LogP contribution in [0.15, 0.2) is 17.4 Å². The maximum Gasteiger partial charge on any atom is 0.306 e. The van der Waals surface area contributed by atoms with Gasteiger partial charge in [-0.05, 0) is 19.3 Å². The number of nitrogens with zero attached hydrogens (tertiary/aromatic N) is 5. The van der Waals surface area contributed by atoms with Crippen LogP contribution in [0.25, 0.3) is 0 Å². The summed E-state index contributed by atoms with van der Waals surface area (Å²) in [6.07, 6.45) is 9.20. The first kappa shape index (κ1) is 20.1. The Bertz CT molecular complexity index is 712. The van der Waals surface area contributed by atoms with E-state index in [2.05, 4.69) is 20.7 Å². The van der Waals surface area contributed by atoms with Crippen LogP contribution in [0.1, 0.15) is 38.5 Å². The van der Waals surface area contributed by atoms with Gasteiger partial charge in [-0.15, -0.1) is 0 Å². The van der Waals surface area contributed by atoms with E-state index < -0.39 is 4.92 Å². The first-order valence-electron chi connectivity index (χ1n) is 9.99. The summed E-state index contributed by atoms with van der Waals surface area (Å²) in [5.74, 6) is 1.19. The van der Waals surface area contributed by atoms with Gasteiger partial charge in [0.2, 0.25) is 5.91 Å². The molecule has 1 amide bonds. The average molecular weight is 391 g/mol. The lowest BCUT2D eigenvalue weighted by molar-refractivity contribution is -0.385. The maximum atomic E-state index is 12.7. The fraction of sp³-hybridized carbons (Fsp3) is 0.722. The number of aromatic nitrogens is 2. The largest absolute Gasteiger partial charge is 0.355 e. The number of likely N-dealkylation sites (tertiary alicyclic amines) is 1. The third-order valence-electron chi connectivity index (χ3n) is 5.48. The Balaban J connectivity index is 1.41. The van der Waals surface area contributed by atoms with Crippen LogP contribution < -0.4 is 10.6 Å². The van der Waals surface area contributed by atoms with Crippen LogP contribution in [0, 0.1) is 16.0 Å². The number of carbonyl (C=O) groups is 1. The number of nitro groups is 1. The van der Waals surface area contributed by atoms with Crippen molar-refractivity contribution >= 4 is 17.6 Å². The molecule has 2 aliphatic rings. The highest BCUT2D eigenvalue weighted by Crippen LogP contribution is 2.26. The highest BCUT2D eigenvalue weighted by Gasteiger charge is 2.31. The highest BCUT2D eigenvalue weighted by molar-refractivity contribution is 5.81.